The lowest BCUT2D eigenvalue weighted by Gasteiger charge is -2.34. The molecule has 3 aromatic carbocycles. The van der Waals surface area contributed by atoms with E-state index in [9.17, 15) is 4.79 Å². The minimum absolute atomic E-state index is 0. The molecule has 0 aromatic heterocycles. The minimum atomic E-state index is -0.438. The quantitative estimate of drug-likeness (QED) is 0.341. The monoisotopic (exact) mass is 532 g/mol. The Bertz CT molecular complexity index is 1060. The van der Waals surface area contributed by atoms with Crippen LogP contribution in [0.25, 0.3) is 0 Å². The van der Waals surface area contributed by atoms with Crippen molar-refractivity contribution in [2.75, 3.05) is 19.7 Å². The van der Waals surface area contributed by atoms with Crippen molar-refractivity contribution in [1.82, 2.24) is 10.2 Å². The summed E-state index contributed by atoms with van der Waals surface area (Å²) in [4.78, 5) is 15.4. The first-order valence-corrected chi connectivity index (χ1v) is 12.5. The Balaban J connectivity index is 0.00000342. The van der Waals surface area contributed by atoms with E-state index in [0.29, 0.717) is 35.7 Å². The van der Waals surface area contributed by atoms with Gasteiger partial charge in [-0.1, -0.05) is 89.9 Å². The van der Waals surface area contributed by atoms with Crippen molar-refractivity contribution in [3.63, 3.8) is 0 Å². The number of piperidine rings is 1. The molecule has 1 aliphatic rings. The van der Waals surface area contributed by atoms with Crippen molar-refractivity contribution in [3.8, 4) is 0 Å². The lowest BCUT2D eigenvalue weighted by Crippen LogP contribution is -2.50. The molecule has 186 valence electrons. The fourth-order valence-corrected chi connectivity index (χ4v) is 4.68. The van der Waals surface area contributed by atoms with Crippen LogP contribution in [0.15, 0.2) is 78.9 Å². The molecule has 1 atom stereocenters. The summed E-state index contributed by atoms with van der Waals surface area (Å²) < 4.78 is 5.96. The van der Waals surface area contributed by atoms with Gasteiger partial charge in [0.05, 0.1) is 23.3 Å². The van der Waals surface area contributed by atoms with Crippen LogP contribution in [0.1, 0.15) is 35.4 Å². The molecule has 0 bridgehead atoms. The highest BCUT2D eigenvalue weighted by molar-refractivity contribution is 6.42. The second-order valence-electron chi connectivity index (χ2n) is 8.69. The lowest BCUT2D eigenvalue weighted by atomic mass is 9.89. The van der Waals surface area contributed by atoms with Gasteiger partial charge in [-0.05, 0) is 47.6 Å². The number of halogens is 3. The van der Waals surface area contributed by atoms with E-state index < -0.39 is 6.04 Å². The first-order chi connectivity index (χ1) is 16.6. The molecule has 4 rings (SSSR count). The molecule has 1 N–H and O–H groups in total. The van der Waals surface area contributed by atoms with Gasteiger partial charge in [-0.25, -0.2) is 0 Å². The molecule has 1 amide bonds. The van der Waals surface area contributed by atoms with E-state index in [1.807, 2.05) is 53.4 Å². The van der Waals surface area contributed by atoms with Crippen LogP contribution in [-0.4, -0.2) is 36.5 Å². The van der Waals surface area contributed by atoms with E-state index >= 15 is 0 Å². The number of benzene rings is 3. The summed E-state index contributed by atoms with van der Waals surface area (Å²) in [6.07, 6.45) is 1.94. The van der Waals surface area contributed by atoms with Gasteiger partial charge in [-0.3, -0.25) is 10.1 Å². The van der Waals surface area contributed by atoms with E-state index in [-0.39, 0.29) is 18.3 Å². The van der Waals surface area contributed by atoms with Gasteiger partial charge in [0.2, 0.25) is 5.91 Å². The van der Waals surface area contributed by atoms with Crippen LogP contribution in [0, 0.1) is 0 Å². The number of amides is 1. The first-order valence-electron chi connectivity index (χ1n) is 11.7. The van der Waals surface area contributed by atoms with Crippen LogP contribution >= 0.6 is 35.6 Å². The molecule has 0 spiro atoms. The van der Waals surface area contributed by atoms with E-state index in [1.165, 1.54) is 5.56 Å². The summed E-state index contributed by atoms with van der Waals surface area (Å²) in [7, 11) is 0. The molecule has 3 aromatic rings. The summed E-state index contributed by atoms with van der Waals surface area (Å²) in [5.41, 5.74) is 3.41. The van der Waals surface area contributed by atoms with Crippen LogP contribution in [0.2, 0.25) is 10.0 Å². The zero-order valence-electron chi connectivity index (χ0n) is 19.5. The minimum Gasteiger partial charge on any atom is -0.375 e. The molecule has 0 saturated carbocycles. The van der Waals surface area contributed by atoms with Crippen molar-refractivity contribution >= 4 is 41.5 Å². The Morgan fingerprint density at radius 1 is 0.914 bits per heavy atom. The number of carbonyl (C=O) groups excluding carboxylic acids is 1. The molecule has 0 aliphatic carbocycles. The van der Waals surface area contributed by atoms with Gasteiger partial charge in [0.15, 0.2) is 0 Å². The van der Waals surface area contributed by atoms with Crippen molar-refractivity contribution in [3.05, 3.63) is 106 Å². The number of hydrogen-bond donors (Lipinski definition) is 1. The van der Waals surface area contributed by atoms with Crippen LogP contribution < -0.4 is 5.32 Å². The molecule has 35 heavy (non-hydrogen) atoms. The Hall–Kier alpha value is -2.08. The van der Waals surface area contributed by atoms with Crippen LogP contribution in [0.4, 0.5) is 0 Å². The topological polar surface area (TPSA) is 41.6 Å². The summed E-state index contributed by atoms with van der Waals surface area (Å²) in [5, 5.41) is 4.42. The highest BCUT2D eigenvalue weighted by Gasteiger charge is 2.29. The number of rotatable bonds is 9. The fraction of sp³-hybridized carbons (Fsp3) is 0.321. The van der Waals surface area contributed by atoms with Gasteiger partial charge >= 0.3 is 0 Å². The average Bonchev–Trinajstić information content (AvgIpc) is 2.89. The second-order valence-corrected chi connectivity index (χ2v) is 9.51. The maximum atomic E-state index is 13.5. The fourth-order valence-electron chi connectivity index (χ4n) is 4.36. The van der Waals surface area contributed by atoms with Gasteiger partial charge in [-0.2, -0.15) is 0 Å². The molecular formula is C28H31Cl3N2O2. The third-order valence-corrected chi connectivity index (χ3v) is 7.05. The van der Waals surface area contributed by atoms with Crippen molar-refractivity contribution in [2.24, 2.45) is 0 Å². The highest BCUT2D eigenvalue weighted by Crippen LogP contribution is 2.28. The van der Waals surface area contributed by atoms with E-state index in [2.05, 4.69) is 29.6 Å². The van der Waals surface area contributed by atoms with Crippen molar-refractivity contribution < 1.29 is 9.53 Å². The zero-order valence-corrected chi connectivity index (χ0v) is 21.9. The number of carbonyl (C=O) groups is 1. The largest absolute Gasteiger partial charge is 0.375 e. The van der Waals surface area contributed by atoms with Gasteiger partial charge in [-0.15, -0.1) is 12.4 Å². The second kappa shape index (κ2) is 13.9. The highest BCUT2D eigenvalue weighted by atomic mass is 35.5. The van der Waals surface area contributed by atoms with Crippen LogP contribution in [-0.2, 0) is 22.7 Å². The van der Waals surface area contributed by atoms with Crippen molar-refractivity contribution in [1.29, 1.82) is 0 Å². The molecule has 1 fully saturated rings. The molecule has 1 heterocycles. The maximum absolute atomic E-state index is 13.5. The third-order valence-electron chi connectivity index (χ3n) is 6.31. The average molecular weight is 534 g/mol. The van der Waals surface area contributed by atoms with E-state index in [0.717, 1.165) is 37.1 Å². The van der Waals surface area contributed by atoms with Gasteiger partial charge in [0.1, 0.15) is 6.04 Å². The molecule has 1 saturated heterocycles. The summed E-state index contributed by atoms with van der Waals surface area (Å²) >= 11 is 12.2. The van der Waals surface area contributed by atoms with Gasteiger partial charge in [0, 0.05) is 19.6 Å². The SMILES string of the molecule is Cl.O=C(C(COCc1ccccc1)NCc1ccc(Cl)c(Cl)c1)N1CCC(c2ccccc2)CC1. The van der Waals surface area contributed by atoms with E-state index in [4.69, 9.17) is 27.9 Å². The summed E-state index contributed by atoms with van der Waals surface area (Å²) in [5.74, 6) is 0.585. The number of hydrogen-bond acceptors (Lipinski definition) is 3. The van der Waals surface area contributed by atoms with Gasteiger partial charge in [0.25, 0.3) is 0 Å². The first kappa shape index (κ1) is 27.5. The van der Waals surface area contributed by atoms with E-state index in [1.54, 1.807) is 6.07 Å². The number of ether oxygens (including phenoxy) is 1. The van der Waals surface area contributed by atoms with Crippen LogP contribution in [0.3, 0.4) is 0 Å². The third kappa shape index (κ3) is 7.96. The summed E-state index contributed by atoms with van der Waals surface area (Å²) in [6, 6.07) is 25.7. The molecule has 1 unspecified atom stereocenters. The lowest BCUT2D eigenvalue weighted by molar-refractivity contribution is -0.136. The van der Waals surface area contributed by atoms with Gasteiger partial charge < -0.3 is 9.64 Å². The predicted molar refractivity (Wildman–Crippen MR) is 145 cm³/mol. The molecule has 7 heteroatoms. The normalized spacial score (nSPS) is 14.9. The smallest absolute Gasteiger partial charge is 0.242 e. The van der Waals surface area contributed by atoms with Crippen LogP contribution in [0.5, 0.6) is 0 Å². The van der Waals surface area contributed by atoms with Crippen molar-refractivity contribution in [2.45, 2.75) is 38.0 Å². The predicted octanol–water partition coefficient (Wildman–Crippen LogP) is 6.50. The Morgan fingerprint density at radius 3 is 2.23 bits per heavy atom. The standard InChI is InChI=1S/C28H30Cl2N2O2.ClH/c29-25-12-11-22(17-26(25)30)18-31-27(20-34-19-21-7-3-1-4-8-21)28(33)32-15-13-24(14-16-32)23-9-5-2-6-10-23;/h1-12,17,24,27,31H,13-16,18-20H2;1H. The molecule has 4 nitrogen and oxygen atoms in total. The number of likely N-dealkylation sites (tertiary alicyclic amines) is 1. The Labute approximate surface area is 224 Å². The number of nitrogens with zero attached hydrogens (tertiary/aromatic N) is 1. The molecule has 0 radical (unpaired) electrons. The summed E-state index contributed by atoms with van der Waals surface area (Å²) in [6.45, 7) is 2.77. The molecule has 1 aliphatic heterocycles. The molecular weight excluding hydrogens is 503 g/mol. The Morgan fingerprint density at radius 2 is 1.57 bits per heavy atom. The Kier molecular flexibility index (Phi) is 10.9. The maximum Gasteiger partial charge on any atom is 0.242 e. The zero-order chi connectivity index (χ0) is 23.8. The number of nitrogens with one attached hydrogen (secondary N) is 1.